The lowest BCUT2D eigenvalue weighted by Gasteiger charge is -2.12. The number of carboxylic acid groups (broad SMARTS) is 1. The highest BCUT2D eigenvalue weighted by Crippen LogP contribution is 2.26. The minimum atomic E-state index is -0.876. The van der Waals surface area contributed by atoms with Crippen molar-refractivity contribution in [2.45, 2.75) is 25.3 Å². The maximum absolute atomic E-state index is 10.4. The molecule has 1 atom stereocenters. The molecule has 88 valence electrons. The second kappa shape index (κ2) is 5.72. The summed E-state index contributed by atoms with van der Waals surface area (Å²) in [5.41, 5.74) is 6.33. The zero-order valence-electron chi connectivity index (χ0n) is 8.69. The maximum Gasteiger partial charge on any atom is 0.303 e. The van der Waals surface area contributed by atoms with Gasteiger partial charge in [-0.3, -0.25) is 4.79 Å². The van der Waals surface area contributed by atoms with E-state index < -0.39 is 5.97 Å². The normalized spacial score (nSPS) is 12.4. The van der Waals surface area contributed by atoms with Gasteiger partial charge >= 0.3 is 5.97 Å². The van der Waals surface area contributed by atoms with Gasteiger partial charge in [-0.15, -0.1) is 0 Å². The average molecular weight is 244 g/mol. The van der Waals surface area contributed by atoms with E-state index >= 15 is 0 Å². The molecule has 0 radical (unpaired) electrons. The van der Waals surface area contributed by atoms with Crippen LogP contribution in [0.2, 0.25) is 5.02 Å². The van der Waals surface area contributed by atoms with Crippen LogP contribution in [0.3, 0.4) is 0 Å². The number of aliphatic carboxylic acids is 1. The summed E-state index contributed by atoms with van der Waals surface area (Å²) < 4.78 is 0. The van der Waals surface area contributed by atoms with Gasteiger partial charge in [-0.2, -0.15) is 0 Å². The number of benzene rings is 1. The van der Waals surface area contributed by atoms with Crippen molar-refractivity contribution < 1.29 is 15.0 Å². The van der Waals surface area contributed by atoms with Crippen LogP contribution in [-0.4, -0.2) is 22.2 Å². The van der Waals surface area contributed by atoms with Crippen LogP contribution in [0.5, 0.6) is 5.75 Å². The smallest absolute Gasteiger partial charge is 0.303 e. The molecule has 0 saturated heterocycles. The first kappa shape index (κ1) is 12.8. The van der Waals surface area contributed by atoms with Crippen molar-refractivity contribution in [1.29, 1.82) is 0 Å². The number of aromatic hydroxyl groups is 1. The summed E-state index contributed by atoms with van der Waals surface area (Å²) in [7, 11) is 0. The molecule has 0 bridgehead atoms. The summed E-state index contributed by atoms with van der Waals surface area (Å²) in [6, 6.07) is 4.53. The predicted molar refractivity (Wildman–Crippen MR) is 61.7 cm³/mol. The summed E-state index contributed by atoms with van der Waals surface area (Å²) in [4.78, 5) is 10.4. The highest BCUT2D eigenvalue weighted by Gasteiger charge is 2.12. The Kier molecular flexibility index (Phi) is 4.58. The van der Waals surface area contributed by atoms with Crippen molar-refractivity contribution in [2.24, 2.45) is 5.73 Å². The zero-order valence-corrected chi connectivity index (χ0v) is 9.44. The third-order valence-corrected chi connectivity index (χ3v) is 2.64. The van der Waals surface area contributed by atoms with Crippen LogP contribution in [0, 0.1) is 0 Å². The van der Waals surface area contributed by atoms with E-state index in [1.165, 1.54) is 6.07 Å². The van der Waals surface area contributed by atoms with Crippen molar-refractivity contribution in [2.75, 3.05) is 0 Å². The summed E-state index contributed by atoms with van der Waals surface area (Å²) in [5.74, 6) is -0.780. The van der Waals surface area contributed by atoms with Crippen molar-refractivity contribution in [1.82, 2.24) is 0 Å². The van der Waals surface area contributed by atoms with E-state index in [2.05, 4.69) is 0 Å². The van der Waals surface area contributed by atoms with E-state index in [-0.39, 0.29) is 18.2 Å². The Bertz CT molecular complexity index is 361. The molecular formula is C11H14ClNO3. The van der Waals surface area contributed by atoms with E-state index in [4.69, 9.17) is 22.4 Å². The summed E-state index contributed by atoms with van der Waals surface area (Å²) in [6.45, 7) is 0. The number of halogens is 1. The molecule has 1 rings (SSSR count). The standard InChI is InChI=1S/C11H14ClNO3/c12-9-2-1-3-10(14)8(9)6-7(13)4-5-11(15)16/h1-3,7,14H,4-6,13H2,(H,15,16). The first-order chi connectivity index (χ1) is 7.50. The molecule has 0 amide bonds. The summed E-state index contributed by atoms with van der Waals surface area (Å²) in [5, 5.41) is 18.5. The number of carbonyl (C=O) groups is 1. The second-order valence-corrected chi connectivity index (χ2v) is 4.04. The number of hydrogen-bond acceptors (Lipinski definition) is 3. The zero-order chi connectivity index (χ0) is 12.1. The summed E-state index contributed by atoms with van der Waals surface area (Å²) in [6.07, 6.45) is 0.755. The molecule has 16 heavy (non-hydrogen) atoms. The maximum atomic E-state index is 10.4. The molecule has 4 nitrogen and oxygen atoms in total. The van der Waals surface area contributed by atoms with Crippen LogP contribution < -0.4 is 5.73 Å². The Balaban J connectivity index is 2.62. The van der Waals surface area contributed by atoms with Gasteiger partial charge in [-0.05, 0) is 25.0 Å². The Morgan fingerprint density at radius 2 is 2.19 bits per heavy atom. The topological polar surface area (TPSA) is 83.6 Å². The molecule has 0 saturated carbocycles. The number of rotatable bonds is 5. The van der Waals surface area contributed by atoms with Crippen LogP contribution in [0.25, 0.3) is 0 Å². The lowest BCUT2D eigenvalue weighted by molar-refractivity contribution is -0.137. The molecule has 1 aromatic carbocycles. The van der Waals surface area contributed by atoms with Gasteiger partial charge in [0, 0.05) is 23.0 Å². The number of hydrogen-bond donors (Lipinski definition) is 3. The fraction of sp³-hybridized carbons (Fsp3) is 0.364. The van der Waals surface area contributed by atoms with E-state index in [1.54, 1.807) is 12.1 Å². The van der Waals surface area contributed by atoms with Crippen LogP contribution in [0.4, 0.5) is 0 Å². The van der Waals surface area contributed by atoms with E-state index in [0.29, 0.717) is 23.4 Å². The van der Waals surface area contributed by atoms with Gasteiger partial charge in [0.25, 0.3) is 0 Å². The molecule has 0 fully saturated rings. The highest BCUT2D eigenvalue weighted by molar-refractivity contribution is 6.31. The predicted octanol–water partition coefficient (Wildman–Crippen LogP) is 1.78. The van der Waals surface area contributed by atoms with Gasteiger partial charge in [0.2, 0.25) is 0 Å². The van der Waals surface area contributed by atoms with Crippen LogP contribution in [0.15, 0.2) is 18.2 Å². The average Bonchev–Trinajstić information content (AvgIpc) is 2.21. The molecular weight excluding hydrogens is 230 g/mol. The van der Waals surface area contributed by atoms with Gasteiger partial charge in [0.1, 0.15) is 5.75 Å². The Morgan fingerprint density at radius 3 is 2.75 bits per heavy atom. The SMILES string of the molecule is NC(CCC(=O)O)Cc1c(O)cccc1Cl. The quantitative estimate of drug-likeness (QED) is 0.736. The first-order valence-corrected chi connectivity index (χ1v) is 5.32. The highest BCUT2D eigenvalue weighted by atomic mass is 35.5. The number of phenols is 1. The molecule has 1 unspecified atom stereocenters. The molecule has 0 aliphatic carbocycles. The van der Waals surface area contributed by atoms with Crippen LogP contribution >= 0.6 is 11.6 Å². The fourth-order valence-corrected chi connectivity index (χ4v) is 1.67. The fourth-order valence-electron chi connectivity index (χ4n) is 1.42. The van der Waals surface area contributed by atoms with Gasteiger partial charge in [0.05, 0.1) is 0 Å². The molecule has 0 spiro atoms. The van der Waals surface area contributed by atoms with Crippen molar-refractivity contribution in [3.05, 3.63) is 28.8 Å². The van der Waals surface area contributed by atoms with Crippen molar-refractivity contribution in [3.8, 4) is 5.75 Å². The van der Waals surface area contributed by atoms with Crippen molar-refractivity contribution >= 4 is 17.6 Å². The molecule has 0 heterocycles. The number of carboxylic acids is 1. The number of nitrogens with two attached hydrogens (primary N) is 1. The van der Waals surface area contributed by atoms with Gasteiger partial charge in [-0.25, -0.2) is 0 Å². The first-order valence-electron chi connectivity index (χ1n) is 4.94. The second-order valence-electron chi connectivity index (χ2n) is 3.63. The molecule has 0 aliphatic heterocycles. The van der Waals surface area contributed by atoms with E-state index in [0.717, 1.165) is 0 Å². The Labute approximate surface area is 98.6 Å². The monoisotopic (exact) mass is 243 g/mol. The Hall–Kier alpha value is -1.26. The van der Waals surface area contributed by atoms with Crippen LogP contribution in [0.1, 0.15) is 18.4 Å². The Morgan fingerprint density at radius 1 is 1.50 bits per heavy atom. The minimum absolute atomic E-state index is 0.0202. The van der Waals surface area contributed by atoms with Gasteiger partial charge in [-0.1, -0.05) is 17.7 Å². The largest absolute Gasteiger partial charge is 0.508 e. The molecule has 1 aromatic rings. The van der Waals surface area contributed by atoms with E-state index in [9.17, 15) is 9.90 Å². The lowest BCUT2D eigenvalue weighted by atomic mass is 10.0. The molecule has 5 heteroatoms. The number of phenolic OH excluding ortho intramolecular Hbond substituents is 1. The molecule has 0 aromatic heterocycles. The van der Waals surface area contributed by atoms with Crippen LogP contribution in [-0.2, 0) is 11.2 Å². The van der Waals surface area contributed by atoms with Gasteiger partial charge < -0.3 is 15.9 Å². The summed E-state index contributed by atoms with van der Waals surface area (Å²) >= 11 is 5.90. The molecule has 4 N–H and O–H groups in total. The third kappa shape index (κ3) is 3.72. The van der Waals surface area contributed by atoms with Crippen molar-refractivity contribution in [3.63, 3.8) is 0 Å². The van der Waals surface area contributed by atoms with E-state index in [1.807, 2.05) is 0 Å². The third-order valence-electron chi connectivity index (χ3n) is 2.29. The van der Waals surface area contributed by atoms with Gasteiger partial charge in [0.15, 0.2) is 0 Å². The molecule has 0 aliphatic rings. The minimum Gasteiger partial charge on any atom is -0.508 e. The lowest BCUT2D eigenvalue weighted by Crippen LogP contribution is -2.24.